The van der Waals surface area contributed by atoms with Crippen LogP contribution in [0.25, 0.3) is 98.0 Å². The lowest BCUT2D eigenvalue weighted by atomic mass is 9.73. The van der Waals surface area contributed by atoms with Gasteiger partial charge in [-0.1, -0.05) is 193 Å². The van der Waals surface area contributed by atoms with Crippen LogP contribution in [0.4, 0.5) is 0 Å². The monoisotopic (exact) mass is 788 g/mol. The molecule has 0 aliphatic heterocycles. The van der Waals surface area contributed by atoms with E-state index in [0.717, 1.165) is 5.92 Å². The third-order valence-electron chi connectivity index (χ3n) is 14.2. The zero-order chi connectivity index (χ0) is 41.8. The van der Waals surface area contributed by atoms with Crippen LogP contribution in [0.15, 0.2) is 170 Å². The van der Waals surface area contributed by atoms with Gasteiger partial charge >= 0.3 is 0 Å². The molecule has 0 saturated heterocycles. The normalized spacial score (nSPS) is 15.7. The van der Waals surface area contributed by atoms with Crippen LogP contribution in [0.1, 0.15) is 77.3 Å². The molecule has 0 radical (unpaired) electrons. The van der Waals surface area contributed by atoms with Crippen LogP contribution in [0.5, 0.6) is 0 Å². The fraction of sp³-hybridized carbons (Fsp3) is 0.213. The molecule has 0 heterocycles. The van der Waals surface area contributed by atoms with Crippen molar-refractivity contribution < 1.29 is 0 Å². The molecule has 2 saturated carbocycles. The smallest absolute Gasteiger partial charge is 0.00696 e. The summed E-state index contributed by atoms with van der Waals surface area (Å²) in [6.45, 7) is 13.2. The molecule has 0 heteroatoms. The molecule has 2 fully saturated rings. The molecule has 2 aliphatic carbocycles. The average molecular weight is 789 g/mol. The largest absolute Gasteiger partial charge is 0.0683 e. The topological polar surface area (TPSA) is 0 Å². The van der Waals surface area contributed by atoms with Gasteiger partial charge in [0.1, 0.15) is 0 Å². The van der Waals surface area contributed by atoms with E-state index in [9.17, 15) is 0 Å². The summed E-state index contributed by atoms with van der Waals surface area (Å²) in [5.74, 6) is 1.56. The molecule has 0 aromatic heterocycles. The van der Waals surface area contributed by atoms with Gasteiger partial charge in [-0.15, -0.1) is 0 Å². The Bertz CT molecular complexity index is 3260. The molecular weight excluding hydrogens is 733 g/mol. The van der Waals surface area contributed by atoms with E-state index < -0.39 is 0 Å². The maximum Gasteiger partial charge on any atom is -0.00696 e. The average Bonchev–Trinajstić information content (AvgIpc) is 3.87. The van der Waals surface area contributed by atoms with Crippen molar-refractivity contribution in [1.82, 2.24) is 0 Å². The Morgan fingerprint density at radius 3 is 1.57 bits per heavy atom. The summed E-state index contributed by atoms with van der Waals surface area (Å²) in [4.78, 5) is 0. The Balaban J connectivity index is 0.000000509. The highest BCUT2D eigenvalue weighted by Gasteiger charge is 2.41. The molecule has 0 nitrogen and oxygen atoms in total. The molecule has 0 bridgehead atoms. The van der Waals surface area contributed by atoms with E-state index in [1.165, 1.54) is 135 Å². The minimum Gasteiger partial charge on any atom is -0.0683 e. The van der Waals surface area contributed by atoms with E-state index in [0.29, 0.717) is 11.3 Å². The Kier molecular flexibility index (Phi) is 9.99. The summed E-state index contributed by atoms with van der Waals surface area (Å²) in [7, 11) is 0. The highest BCUT2D eigenvalue weighted by atomic mass is 14.5. The van der Waals surface area contributed by atoms with Crippen molar-refractivity contribution in [2.24, 2.45) is 11.3 Å². The van der Waals surface area contributed by atoms with Gasteiger partial charge in [-0.2, -0.15) is 0 Å². The third kappa shape index (κ3) is 6.87. The number of hydrogen-bond donors (Lipinski definition) is 0. The minimum atomic E-state index is 0.565. The van der Waals surface area contributed by atoms with E-state index in [4.69, 9.17) is 0 Å². The Morgan fingerprint density at radius 1 is 0.426 bits per heavy atom. The minimum absolute atomic E-state index is 0.565. The number of rotatable bonds is 4. The van der Waals surface area contributed by atoms with Crippen molar-refractivity contribution in [3.05, 3.63) is 181 Å². The van der Waals surface area contributed by atoms with Crippen molar-refractivity contribution in [2.75, 3.05) is 0 Å². The molecule has 0 N–H and O–H groups in total. The van der Waals surface area contributed by atoms with Crippen molar-refractivity contribution in [2.45, 2.75) is 73.1 Å². The number of fused-ring (bicyclic) bond motifs is 10. The molecule has 0 spiro atoms. The first-order valence-electron chi connectivity index (χ1n) is 22.7. The van der Waals surface area contributed by atoms with Crippen molar-refractivity contribution in [3.8, 4) is 33.4 Å². The molecule has 10 aromatic rings. The Labute approximate surface area is 361 Å². The summed E-state index contributed by atoms with van der Waals surface area (Å²) in [6.07, 6.45) is 5.23. The highest BCUT2D eigenvalue weighted by molar-refractivity contribution is 6.26. The molecule has 0 unspecified atom stereocenters. The summed E-state index contributed by atoms with van der Waals surface area (Å²) < 4.78 is 0. The van der Waals surface area contributed by atoms with Gasteiger partial charge in [-0.05, 0) is 171 Å². The van der Waals surface area contributed by atoms with Crippen LogP contribution in [0.2, 0.25) is 0 Å². The number of hydrogen-bond acceptors (Lipinski definition) is 0. The third-order valence-corrected chi connectivity index (χ3v) is 14.2. The van der Waals surface area contributed by atoms with Gasteiger partial charge < -0.3 is 0 Å². The lowest BCUT2D eigenvalue weighted by molar-refractivity contribution is 0.421. The lowest BCUT2D eigenvalue weighted by Gasteiger charge is -2.31. The quantitative estimate of drug-likeness (QED) is 0.156. The van der Waals surface area contributed by atoms with Gasteiger partial charge in [0.15, 0.2) is 0 Å². The van der Waals surface area contributed by atoms with Crippen LogP contribution in [0.3, 0.4) is 0 Å². The van der Waals surface area contributed by atoms with E-state index in [1.54, 1.807) is 0 Å². The van der Waals surface area contributed by atoms with Gasteiger partial charge in [-0.3, -0.25) is 0 Å². The van der Waals surface area contributed by atoms with Crippen LogP contribution in [-0.2, 0) is 0 Å². The first-order valence-corrected chi connectivity index (χ1v) is 22.7. The fourth-order valence-corrected chi connectivity index (χ4v) is 10.2. The molecular formula is C61H56. The zero-order valence-corrected chi connectivity index (χ0v) is 36.6. The molecule has 1 atom stereocenters. The van der Waals surface area contributed by atoms with Crippen LogP contribution in [0, 0.1) is 18.3 Å². The van der Waals surface area contributed by atoms with E-state index in [2.05, 4.69) is 198 Å². The predicted octanol–water partition coefficient (Wildman–Crippen LogP) is 18.3. The molecule has 300 valence electrons. The maximum absolute atomic E-state index is 2.48. The second-order valence-electron chi connectivity index (χ2n) is 18.3. The van der Waals surface area contributed by atoms with Crippen LogP contribution < -0.4 is 0 Å². The Hall–Kier alpha value is -6.24. The second-order valence-corrected chi connectivity index (χ2v) is 18.3. The van der Waals surface area contributed by atoms with Gasteiger partial charge in [0.25, 0.3) is 0 Å². The number of benzene rings is 10. The van der Waals surface area contributed by atoms with E-state index >= 15 is 0 Å². The molecule has 0 amide bonds. The van der Waals surface area contributed by atoms with Crippen LogP contribution in [-0.4, -0.2) is 0 Å². The summed E-state index contributed by atoms with van der Waals surface area (Å²) >= 11 is 0. The SMILES string of the molecule is CC.C[C@H]1CC1(C)C.Cc1cc2ccccc2c2cccc(-c3cccc(-c4ccc5c6ccc(-c7ccc8ccccc8c7)cc6c6ccccc6c5c4)c3C3CCC3)c12. The van der Waals surface area contributed by atoms with Crippen molar-refractivity contribution in [3.63, 3.8) is 0 Å². The lowest BCUT2D eigenvalue weighted by Crippen LogP contribution is -2.11. The van der Waals surface area contributed by atoms with Crippen molar-refractivity contribution in [1.29, 1.82) is 0 Å². The van der Waals surface area contributed by atoms with Crippen LogP contribution >= 0.6 is 0 Å². The summed E-state index contributed by atoms with van der Waals surface area (Å²) in [6, 6.07) is 64.0. The van der Waals surface area contributed by atoms with Gasteiger partial charge in [0, 0.05) is 0 Å². The number of aryl methyl sites for hydroxylation is 1. The standard InChI is InChI=1S/C53H38.C6H12.C2H6/c1-33-29-39-13-4-5-16-41(39)47-20-10-21-48(52(33)47)49-22-9-19-42(53(49)35-14-8-15-35)40-26-28-46-45-27-25-38(37-24-23-34-11-2-3-12-36(34)30-37)31-50(45)43-17-6-7-18-44(43)51(46)32-40;1-5-4-6(5,2)3;1-2/h2-7,9-13,16-32,35H,8,14-15H2,1H3;5H,4H2,1-3H3;1-2H3/t;5-;/m.0./s1. The summed E-state index contributed by atoms with van der Waals surface area (Å²) in [5, 5.41) is 15.8. The van der Waals surface area contributed by atoms with Gasteiger partial charge in [0.05, 0.1) is 0 Å². The molecule has 61 heavy (non-hydrogen) atoms. The zero-order valence-electron chi connectivity index (χ0n) is 36.6. The van der Waals surface area contributed by atoms with Gasteiger partial charge in [0.2, 0.25) is 0 Å². The van der Waals surface area contributed by atoms with Gasteiger partial charge in [-0.25, -0.2) is 0 Å². The van der Waals surface area contributed by atoms with E-state index in [-0.39, 0.29) is 0 Å². The Morgan fingerprint density at radius 2 is 0.918 bits per heavy atom. The van der Waals surface area contributed by atoms with E-state index in [1.807, 2.05) is 13.8 Å². The first kappa shape index (κ1) is 38.9. The second kappa shape index (κ2) is 15.7. The molecule has 10 aromatic carbocycles. The predicted molar refractivity (Wildman–Crippen MR) is 268 cm³/mol. The first-order chi connectivity index (χ1) is 29.8. The highest BCUT2D eigenvalue weighted by Crippen LogP contribution is 2.51. The maximum atomic E-state index is 2.48. The molecule has 2 aliphatic rings. The van der Waals surface area contributed by atoms with Crippen molar-refractivity contribution >= 4 is 64.6 Å². The summed E-state index contributed by atoms with van der Waals surface area (Å²) in [5.41, 5.74) is 11.5. The fourth-order valence-electron chi connectivity index (χ4n) is 10.2. The molecule has 12 rings (SSSR count).